The van der Waals surface area contributed by atoms with Gasteiger partial charge in [-0.15, -0.1) is 0 Å². The van der Waals surface area contributed by atoms with Gasteiger partial charge in [0.15, 0.2) is 0 Å². The van der Waals surface area contributed by atoms with Crippen LogP contribution in [0.2, 0.25) is 0 Å². The van der Waals surface area contributed by atoms with Gasteiger partial charge in [-0.25, -0.2) is 0 Å². The fraction of sp³-hybridized carbons (Fsp3) is 0.444. The van der Waals surface area contributed by atoms with Gasteiger partial charge in [-0.1, -0.05) is 61.4 Å². The van der Waals surface area contributed by atoms with Crippen molar-refractivity contribution in [1.29, 1.82) is 0 Å². The average molecular weight is 418 g/mol. The van der Waals surface area contributed by atoms with Crippen LogP contribution < -0.4 is 5.32 Å². The van der Waals surface area contributed by atoms with Gasteiger partial charge < -0.3 is 9.88 Å². The molecule has 164 valence electrons. The van der Waals surface area contributed by atoms with Gasteiger partial charge >= 0.3 is 0 Å². The number of carbonyl (C=O) groups is 1. The highest BCUT2D eigenvalue weighted by Crippen LogP contribution is 2.25. The Labute approximate surface area is 186 Å². The lowest BCUT2D eigenvalue weighted by Gasteiger charge is -2.31. The lowest BCUT2D eigenvalue weighted by atomic mass is 9.95. The molecule has 3 aromatic rings. The Balaban J connectivity index is 1.45. The summed E-state index contributed by atoms with van der Waals surface area (Å²) in [6.45, 7) is 8.92. The second-order valence-electron chi connectivity index (χ2n) is 8.96. The minimum Gasteiger partial charge on any atom is -0.356 e. The number of aromatic nitrogens is 1. The van der Waals surface area contributed by atoms with E-state index in [0.717, 1.165) is 58.4 Å². The number of rotatable bonds is 8. The summed E-state index contributed by atoms with van der Waals surface area (Å²) in [6, 6.07) is 19.8. The minimum atomic E-state index is 0.172. The maximum Gasteiger partial charge on any atom is 0.223 e. The SMILES string of the molecule is CCCCNC(=O)C1CCN(Cc2cc3ccccc3n2Cc2cccc(C)c2)CC1. The normalized spacial score (nSPS) is 15.4. The predicted molar refractivity (Wildman–Crippen MR) is 128 cm³/mol. The van der Waals surface area contributed by atoms with Gasteiger partial charge in [0.1, 0.15) is 0 Å². The lowest BCUT2D eigenvalue weighted by Crippen LogP contribution is -2.40. The highest BCUT2D eigenvalue weighted by molar-refractivity contribution is 5.81. The van der Waals surface area contributed by atoms with E-state index >= 15 is 0 Å². The molecule has 1 fully saturated rings. The molecule has 1 aromatic heterocycles. The zero-order valence-electron chi connectivity index (χ0n) is 18.9. The van der Waals surface area contributed by atoms with Crippen LogP contribution in [0, 0.1) is 12.8 Å². The smallest absolute Gasteiger partial charge is 0.223 e. The van der Waals surface area contributed by atoms with Crippen LogP contribution in [-0.2, 0) is 17.9 Å². The first-order valence-electron chi connectivity index (χ1n) is 11.8. The van der Waals surface area contributed by atoms with E-state index in [1.165, 1.54) is 27.7 Å². The summed E-state index contributed by atoms with van der Waals surface area (Å²) in [6.07, 6.45) is 4.09. The van der Waals surface area contributed by atoms with Gasteiger partial charge in [-0.05, 0) is 62.4 Å². The van der Waals surface area contributed by atoms with E-state index in [4.69, 9.17) is 0 Å². The fourth-order valence-electron chi connectivity index (χ4n) is 4.69. The molecule has 1 N–H and O–H groups in total. The van der Waals surface area contributed by atoms with Crippen molar-refractivity contribution in [3.8, 4) is 0 Å². The van der Waals surface area contributed by atoms with Gasteiger partial charge in [-0.3, -0.25) is 9.69 Å². The highest BCUT2D eigenvalue weighted by Gasteiger charge is 2.25. The van der Waals surface area contributed by atoms with Crippen LogP contribution >= 0.6 is 0 Å². The molecule has 1 amide bonds. The van der Waals surface area contributed by atoms with Gasteiger partial charge in [-0.2, -0.15) is 0 Å². The second kappa shape index (κ2) is 10.1. The zero-order chi connectivity index (χ0) is 21.6. The van der Waals surface area contributed by atoms with Gasteiger partial charge in [0.25, 0.3) is 0 Å². The molecule has 1 aliphatic heterocycles. The third kappa shape index (κ3) is 5.37. The summed E-state index contributed by atoms with van der Waals surface area (Å²) >= 11 is 0. The van der Waals surface area contributed by atoms with E-state index in [2.05, 4.69) is 83.2 Å². The van der Waals surface area contributed by atoms with Crippen molar-refractivity contribution in [3.63, 3.8) is 0 Å². The van der Waals surface area contributed by atoms with Crippen molar-refractivity contribution >= 4 is 16.8 Å². The van der Waals surface area contributed by atoms with Crippen LogP contribution in [0.15, 0.2) is 54.6 Å². The molecule has 31 heavy (non-hydrogen) atoms. The summed E-state index contributed by atoms with van der Waals surface area (Å²) in [4.78, 5) is 14.9. The molecular formula is C27H35N3O. The standard InChI is InChI=1S/C27H35N3O/c1-3-4-14-28-27(31)23-12-15-29(16-13-23)20-25-18-24-10-5-6-11-26(24)30(25)19-22-9-7-8-21(2)17-22/h5-11,17-18,23H,3-4,12-16,19-20H2,1-2H3,(H,28,31). The number of fused-ring (bicyclic) bond motifs is 1. The van der Waals surface area contributed by atoms with Crippen molar-refractivity contribution in [3.05, 3.63) is 71.4 Å². The Kier molecular flexibility index (Phi) is 7.08. The number of para-hydroxylation sites is 1. The number of unbranched alkanes of at least 4 members (excludes halogenated alkanes) is 1. The third-order valence-corrected chi connectivity index (χ3v) is 6.49. The largest absolute Gasteiger partial charge is 0.356 e. The van der Waals surface area contributed by atoms with Crippen LogP contribution in [0.4, 0.5) is 0 Å². The maximum absolute atomic E-state index is 12.4. The maximum atomic E-state index is 12.4. The molecule has 0 bridgehead atoms. The average Bonchev–Trinajstić information content (AvgIpc) is 3.11. The first kappa shape index (κ1) is 21.6. The molecule has 0 radical (unpaired) electrons. The quantitative estimate of drug-likeness (QED) is 0.516. The van der Waals surface area contributed by atoms with E-state index in [1.807, 2.05) is 0 Å². The van der Waals surface area contributed by atoms with Crippen molar-refractivity contribution in [2.45, 2.75) is 52.6 Å². The van der Waals surface area contributed by atoms with Crippen molar-refractivity contribution in [1.82, 2.24) is 14.8 Å². The highest BCUT2D eigenvalue weighted by atomic mass is 16.1. The summed E-state index contributed by atoms with van der Waals surface area (Å²) < 4.78 is 2.47. The lowest BCUT2D eigenvalue weighted by molar-refractivity contribution is -0.126. The molecule has 1 saturated heterocycles. The number of piperidine rings is 1. The molecule has 4 heteroatoms. The predicted octanol–water partition coefficient (Wildman–Crippen LogP) is 5.13. The minimum absolute atomic E-state index is 0.172. The summed E-state index contributed by atoms with van der Waals surface area (Å²) in [7, 11) is 0. The molecule has 0 atom stereocenters. The van der Waals surface area contributed by atoms with E-state index in [0.29, 0.717) is 0 Å². The zero-order valence-corrected chi connectivity index (χ0v) is 18.9. The van der Waals surface area contributed by atoms with E-state index in [9.17, 15) is 4.79 Å². The Hall–Kier alpha value is -2.59. The van der Waals surface area contributed by atoms with Crippen LogP contribution in [0.3, 0.4) is 0 Å². The third-order valence-electron chi connectivity index (χ3n) is 6.49. The molecule has 0 unspecified atom stereocenters. The number of carbonyl (C=O) groups excluding carboxylic acids is 1. The van der Waals surface area contributed by atoms with Crippen LogP contribution in [0.25, 0.3) is 10.9 Å². The van der Waals surface area contributed by atoms with E-state index in [1.54, 1.807) is 0 Å². The monoisotopic (exact) mass is 417 g/mol. The molecule has 0 spiro atoms. The second-order valence-corrected chi connectivity index (χ2v) is 8.96. The number of benzene rings is 2. The first-order valence-corrected chi connectivity index (χ1v) is 11.8. The molecule has 2 heterocycles. The number of nitrogens with zero attached hydrogens (tertiary/aromatic N) is 2. The number of nitrogens with one attached hydrogen (secondary N) is 1. The Morgan fingerprint density at radius 3 is 2.61 bits per heavy atom. The molecule has 2 aromatic carbocycles. The van der Waals surface area contributed by atoms with Gasteiger partial charge in [0, 0.05) is 36.8 Å². The van der Waals surface area contributed by atoms with Gasteiger partial charge in [0.2, 0.25) is 5.91 Å². The van der Waals surface area contributed by atoms with E-state index in [-0.39, 0.29) is 11.8 Å². The Morgan fingerprint density at radius 1 is 1.03 bits per heavy atom. The molecule has 4 rings (SSSR count). The first-order chi connectivity index (χ1) is 15.1. The fourth-order valence-corrected chi connectivity index (χ4v) is 4.69. The van der Waals surface area contributed by atoms with E-state index < -0.39 is 0 Å². The Bertz CT molecular complexity index is 1010. The van der Waals surface area contributed by atoms with Crippen molar-refractivity contribution in [2.75, 3.05) is 19.6 Å². The number of hydrogen-bond donors (Lipinski definition) is 1. The molecule has 1 aliphatic rings. The molecular weight excluding hydrogens is 382 g/mol. The van der Waals surface area contributed by atoms with Crippen LogP contribution in [0.1, 0.15) is 49.4 Å². The number of likely N-dealkylation sites (tertiary alicyclic amines) is 1. The van der Waals surface area contributed by atoms with Gasteiger partial charge in [0.05, 0.1) is 0 Å². The summed E-state index contributed by atoms with van der Waals surface area (Å²) in [5.41, 5.74) is 5.29. The number of amides is 1. The number of aryl methyl sites for hydroxylation is 1. The Morgan fingerprint density at radius 2 is 1.84 bits per heavy atom. The summed E-state index contributed by atoms with van der Waals surface area (Å²) in [5, 5.41) is 4.42. The van der Waals surface area contributed by atoms with Crippen molar-refractivity contribution < 1.29 is 4.79 Å². The summed E-state index contributed by atoms with van der Waals surface area (Å²) in [5.74, 6) is 0.424. The number of hydrogen-bond acceptors (Lipinski definition) is 2. The van der Waals surface area contributed by atoms with Crippen molar-refractivity contribution in [2.24, 2.45) is 5.92 Å². The molecule has 4 nitrogen and oxygen atoms in total. The topological polar surface area (TPSA) is 37.3 Å². The molecule has 0 aliphatic carbocycles. The molecule has 0 saturated carbocycles. The van der Waals surface area contributed by atoms with Crippen LogP contribution in [0.5, 0.6) is 0 Å². The van der Waals surface area contributed by atoms with Crippen LogP contribution in [-0.4, -0.2) is 35.0 Å².